The molecule has 3 fully saturated rings. The molecule has 1 N–H and O–H groups in total. The van der Waals surface area contributed by atoms with E-state index in [2.05, 4.69) is 4.74 Å². The SMILES string of the molecule is CC1CC2C3CCC4=CC(=O)C=CC4(C)C3(Cl)C(OC(=O)C(F)(F)F)CC2(C)C1(O)C(=O)COC(=O)C(F)(F)F. The average molecular weight is 601 g/mol. The lowest BCUT2D eigenvalue weighted by molar-refractivity contribution is -0.222. The molecule has 0 heterocycles. The van der Waals surface area contributed by atoms with Crippen molar-refractivity contribution in [1.82, 2.24) is 0 Å². The molecule has 0 aromatic heterocycles. The minimum Gasteiger partial charge on any atom is -0.454 e. The number of alkyl halides is 7. The Morgan fingerprint density at radius 1 is 1.07 bits per heavy atom. The molecule has 0 aromatic carbocycles. The number of ether oxygens (including phenoxy) is 2. The zero-order valence-corrected chi connectivity index (χ0v) is 22.4. The van der Waals surface area contributed by atoms with Crippen molar-refractivity contribution in [2.75, 3.05) is 6.61 Å². The highest BCUT2D eigenvalue weighted by Gasteiger charge is 2.76. The number of rotatable bonds is 4. The number of allylic oxidation sites excluding steroid dienone is 4. The highest BCUT2D eigenvalue weighted by molar-refractivity contribution is 6.26. The number of carbonyl (C=O) groups excluding carboxylic acids is 4. The summed E-state index contributed by atoms with van der Waals surface area (Å²) >= 11 is 7.29. The van der Waals surface area contributed by atoms with Gasteiger partial charge in [-0.1, -0.05) is 32.4 Å². The third-order valence-corrected chi connectivity index (χ3v) is 10.6. The summed E-state index contributed by atoms with van der Waals surface area (Å²) < 4.78 is 87.2. The second kappa shape index (κ2) is 9.30. The Labute approximate surface area is 229 Å². The second-order valence-corrected chi connectivity index (χ2v) is 12.2. The van der Waals surface area contributed by atoms with Gasteiger partial charge in [-0.05, 0) is 55.6 Å². The molecule has 7 nitrogen and oxygen atoms in total. The van der Waals surface area contributed by atoms with Crippen LogP contribution in [0.2, 0.25) is 0 Å². The first-order chi connectivity index (χ1) is 18.1. The van der Waals surface area contributed by atoms with Crippen LogP contribution in [0.3, 0.4) is 0 Å². The molecule has 0 aliphatic heterocycles. The molecule has 0 saturated heterocycles. The molecule has 0 spiro atoms. The van der Waals surface area contributed by atoms with Crippen LogP contribution in [0.4, 0.5) is 26.3 Å². The van der Waals surface area contributed by atoms with E-state index in [1.165, 1.54) is 32.1 Å². The topological polar surface area (TPSA) is 107 Å². The molecule has 0 amide bonds. The lowest BCUT2D eigenvalue weighted by atomic mass is 9.45. The second-order valence-electron chi connectivity index (χ2n) is 11.5. The molecule has 8 atom stereocenters. The maximum Gasteiger partial charge on any atom is 0.490 e. The van der Waals surface area contributed by atoms with Crippen LogP contribution in [-0.2, 0) is 28.7 Å². The van der Waals surface area contributed by atoms with Gasteiger partial charge in [-0.25, -0.2) is 9.59 Å². The number of carbonyl (C=O) groups is 4. The largest absolute Gasteiger partial charge is 0.490 e. The first-order valence-corrected chi connectivity index (χ1v) is 12.9. The number of halogens is 7. The van der Waals surface area contributed by atoms with Gasteiger partial charge < -0.3 is 14.6 Å². The number of esters is 2. The predicted octanol–water partition coefficient (Wildman–Crippen LogP) is 4.39. The van der Waals surface area contributed by atoms with Gasteiger partial charge >= 0.3 is 24.3 Å². The van der Waals surface area contributed by atoms with E-state index in [-0.39, 0.29) is 18.6 Å². The van der Waals surface area contributed by atoms with Gasteiger partial charge in [0.2, 0.25) is 5.78 Å². The highest BCUT2D eigenvalue weighted by atomic mass is 35.5. The molecule has 3 saturated carbocycles. The van der Waals surface area contributed by atoms with E-state index in [1.807, 2.05) is 0 Å². The van der Waals surface area contributed by atoms with E-state index in [0.717, 1.165) is 0 Å². The van der Waals surface area contributed by atoms with Crippen molar-refractivity contribution in [1.29, 1.82) is 0 Å². The van der Waals surface area contributed by atoms with Crippen molar-refractivity contribution in [3.05, 3.63) is 23.8 Å². The Balaban J connectivity index is 1.80. The molecule has 8 unspecified atom stereocenters. The Morgan fingerprint density at radius 3 is 2.25 bits per heavy atom. The number of Topliss-reactive ketones (excluding diaryl/α,β-unsaturated/α-hetero) is 1. The number of ketones is 2. The third kappa shape index (κ3) is 4.21. The maximum absolute atomic E-state index is 13.4. The van der Waals surface area contributed by atoms with Gasteiger partial charge in [0.25, 0.3) is 0 Å². The predicted molar refractivity (Wildman–Crippen MR) is 125 cm³/mol. The number of aliphatic hydroxyl groups is 1. The Kier molecular flexibility index (Phi) is 7.10. The summed E-state index contributed by atoms with van der Waals surface area (Å²) in [4.78, 5) is 46.9. The zero-order valence-electron chi connectivity index (χ0n) is 21.6. The van der Waals surface area contributed by atoms with E-state index in [0.29, 0.717) is 12.0 Å². The minimum atomic E-state index is -5.41. The van der Waals surface area contributed by atoms with Crippen LogP contribution in [0.15, 0.2) is 23.8 Å². The summed E-state index contributed by atoms with van der Waals surface area (Å²) in [6.45, 7) is 3.03. The third-order valence-electron chi connectivity index (χ3n) is 9.67. The van der Waals surface area contributed by atoms with E-state index >= 15 is 0 Å². The molecule has 4 rings (SSSR count). The molecule has 40 heavy (non-hydrogen) atoms. The molecule has 14 heteroatoms. The average Bonchev–Trinajstić information content (AvgIpc) is 3.03. The van der Waals surface area contributed by atoms with Crippen LogP contribution in [0.1, 0.15) is 46.5 Å². The summed E-state index contributed by atoms with van der Waals surface area (Å²) in [5, 5.41) is 11.8. The fourth-order valence-electron chi connectivity index (χ4n) is 7.75. The van der Waals surface area contributed by atoms with Crippen LogP contribution in [-0.4, -0.2) is 64.2 Å². The Bertz CT molecular complexity index is 1210. The van der Waals surface area contributed by atoms with Crippen molar-refractivity contribution < 1.29 is 60.1 Å². The fourth-order valence-corrected chi connectivity index (χ4v) is 8.32. The van der Waals surface area contributed by atoms with E-state index in [1.54, 1.807) is 6.92 Å². The summed E-state index contributed by atoms with van der Waals surface area (Å²) in [6, 6.07) is 0. The van der Waals surface area contributed by atoms with E-state index in [9.17, 15) is 50.6 Å². The van der Waals surface area contributed by atoms with Gasteiger partial charge in [-0.2, -0.15) is 26.3 Å². The van der Waals surface area contributed by atoms with Gasteiger partial charge in [0, 0.05) is 10.8 Å². The molecule has 0 radical (unpaired) electrons. The number of hydrogen-bond acceptors (Lipinski definition) is 7. The normalized spacial score (nSPS) is 40.9. The molecule has 0 aromatic rings. The smallest absolute Gasteiger partial charge is 0.454 e. The quantitative estimate of drug-likeness (QED) is 0.290. The molecule has 4 aliphatic carbocycles. The van der Waals surface area contributed by atoms with Crippen molar-refractivity contribution >= 4 is 35.1 Å². The lowest BCUT2D eigenvalue weighted by Gasteiger charge is -2.64. The molecule has 4 aliphatic rings. The lowest BCUT2D eigenvalue weighted by Crippen LogP contribution is -2.70. The molecule has 222 valence electrons. The van der Waals surface area contributed by atoms with E-state index < -0.39 is 88.3 Å². The van der Waals surface area contributed by atoms with Crippen molar-refractivity contribution in [3.8, 4) is 0 Å². The van der Waals surface area contributed by atoms with Crippen LogP contribution in [0, 0.1) is 28.6 Å². The monoisotopic (exact) mass is 600 g/mol. The van der Waals surface area contributed by atoms with Crippen LogP contribution in [0.25, 0.3) is 0 Å². The van der Waals surface area contributed by atoms with E-state index in [4.69, 9.17) is 16.3 Å². The first-order valence-electron chi connectivity index (χ1n) is 12.5. The standard InChI is InChI=1S/C26H27ClF6O7/c1-12-8-16-15-5-4-13-9-14(34)6-7-21(13,2)23(15,27)18(40-20(37)26(31,32)33)10-22(16,3)24(12,38)17(35)11-39-19(36)25(28,29)30/h6-7,9,12,15-16,18,38H,4-5,8,10-11H2,1-3H3. The fraction of sp³-hybridized carbons (Fsp3) is 0.692. The van der Waals surface area contributed by atoms with Gasteiger partial charge in [0.05, 0.1) is 4.87 Å². The Morgan fingerprint density at radius 2 is 1.68 bits per heavy atom. The van der Waals surface area contributed by atoms with Crippen LogP contribution in [0.5, 0.6) is 0 Å². The summed E-state index contributed by atoms with van der Waals surface area (Å²) in [7, 11) is 0. The summed E-state index contributed by atoms with van der Waals surface area (Å²) in [6.07, 6.45) is -8.50. The maximum atomic E-state index is 13.4. The minimum absolute atomic E-state index is 0.100. The van der Waals surface area contributed by atoms with Gasteiger partial charge in [-0.15, -0.1) is 11.6 Å². The molecular weight excluding hydrogens is 574 g/mol. The van der Waals surface area contributed by atoms with Gasteiger partial charge in [-0.3, -0.25) is 9.59 Å². The van der Waals surface area contributed by atoms with Crippen molar-refractivity contribution in [3.63, 3.8) is 0 Å². The Hall–Kier alpha value is -2.41. The summed E-state index contributed by atoms with van der Waals surface area (Å²) in [5.74, 6) is -9.18. The zero-order chi connectivity index (χ0) is 30.3. The molecular formula is C26H27ClF6O7. The van der Waals surface area contributed by atoms with Gasteiger partial charge in [0.1, 0.15) is 11.7 Å². The molecule has 0 bridgehead atoms. The summed E-state index contributed by atoms with van der Waals surface area (Å²) in [5.41, 5.74) is -4.82. The van der Waals surface area contributed by atoms with Crippen molar-refractivity contribution in [2.45, 2.75) is 75.4 Å². The van der Waals surface area contributed by atoms with Crippen LogP contribution >= 0.6 is 11.6 Å². The highest BCUT2D eigenvalue weighted by Crippen LogP contribution is 2.72. The number of hydrogen-bond donors (Lipinski definition) is 1. The number of fused-ring (bicyclic) bond motifs is 5. The van der Waals surface area contributed by atoms with Crippen molar-refractivity contribution in [2.24, 2.45) is 28.6 Å². The van der Waals surface area contributed by atoms with Crippen LogP contribution < -0.4 is 0 Å². The first kappa shape index (κ1) is 30.5. The van der Waals surface area contributed by atoms with Gasteiger partial charge in [0.15, 0.2) is 12.4 Å².